The van der Waals surface area contributed by atoms with Gasteiger partial charge >= 0.3 is 0 Å². The summed E-state index contributed by atoms with van der Waals surface area (Å²) in [6.45, 7) is 7.30. The summed E-state index contributed by atoms with van der Waals surface area (Å²) in [6, 6.07) is 0. The first-order valence-corrected chi connectivity index (χ1v) is 5.65. The number of hydrogen-bond acceptors (Lipinski definition) is 2. The standard InChI is InChI=1S/C9H17NO2S/c1-9(2,3)13(11)10-6-8-4-5-12-7-8/h6,8H,4-5,7H2,1-3H3/b10-6+/t8-,13?/m1/s1. The second-order valence-corrected chi connectivity index (χ2v) is 6.17. The smallest absolute Gasteiger partial charge is 0.144 e. The molecule has 13 heavy (non-hydrogen) atoms. The van der Waals surface area contributed by atoms with Crippen molar-refractivity contribution in [2.45, 2.75) is 31.9 Å². The Morgan fingerprint density at radius 3 is 2.69 bits per heavy atom. The molecule has 0 aromatic heterocycles. The van der Waals surface area contributed by atoms with Gasteiger partial charge in [0, 0.05) is 18.7 Å². The topological polar surface area (TPSA) is 38.7 Å². The lowest BCUT2D eigenvalue weighted by molar-refractivity contribution is 0.193. The van der Waals surface area contributed by atoms with Crippen LogP contribution in [0.25, 0.3) is 0 Å². The fourth-order valence-corrected chi connectivity index (χ4v) is 1.57. The Morgan fingerprint density at radius 1 is 1.54 bits per heavy atom. The quantitative estimate of drug-likeness (QED) is 0.639. The van der Waals surface area contributed by atoms with Crippen LogP contribution in [0, 0.1) is 5.92 Å². The maximum absolute atomic E-state index is 11.5. The van der Waals surface area contributed by atoms with Crippen molar-refractivity contribution in [2.75, 3.05) is 13.2 Å². The molecule has 0 bridgehead atoms. The number of ether oxygens (including phenoxy) is 1. The van der Waals surface area contributed by atoms with Crippen molar-refractivity contribution in [1.82, 2.24) is 0 Å². The van der Waals surface area contributed by atoms with Crippen molar-refractivity contribution < 1.29 is 8.95 Å². The fraction of sp³-hybridized carbons (Fsp3) is 0.889. The summed E-state index contributed by atoms with van der Waals surface area (Å²) in [5.74, 6) is 0.367. The van der Waals surface area contributed by atoms with E-state index < -0.39 is 11.0 Å². The molecule has 1 aliphatic rings. The third-order valence-electron chi connectivity index (χ3n) is 1.86. The highest BCUT2D eigenvalue weighted by atomic mass is 32.2. The van der Waals surface area contributed by atoms with Crippen molar-refractivity contribution in [1.29, 1.82) is 0 Å². The van der Waals surface area contributed by atoms with Crippen molar-refractivity contribution in [3.63, 3.8) is 0 Å². The zero-order valence-electron chi connectivity index (χ0n) is 8.45. The van der Waals surface area contributed by atoms with E-state index in [0.717, 1.165) is 19.6 Å². The van der Waals surface area contributed by atoms with Gasteiger partial charge in [-0.25, -0.2) is 4.21 Å². The van der Waals surface area contributed by atoms with E-state index in [1.165, 1.54) is 0 Å². The summed E-state index contributed by atoms with van der Waals surface area (Å²) in [5.41, 5.74) is 0. The average molecular weight is 203 g/mol. The normalized spacial score (nSPS) is 26.8. The van der Waals surface area contributed by atoms with E-state index in [2.05, 4.69) is 4.40 Å². The average Bonchev–Trinajstić information content (AvgIpc) is 2.50. The van der Waals surface area contributed by atoms with Gasteiger partial charge in [0.15, 0.2) is 0 Å². The monoisotopic (exact) mass is 203 g/mol. The van der Waals surface area contributed by atoms with Crippen LogP contribution in [0.3, 0.4) is 0 Å². The minimum absolute atomic E-state index is 0.254. The molecule has 1 saturated heterocycles. The molecule has 1 aliphatic heterocycles. The zero-order valence-corrected chi connectivity index (χ0v) is 9.26. The lowest BCUT2D eigenvalue weighted by Crippen LogP contribution is -2.20. The maximum Gasteiger partial charge on any atom is 0.144 e. The van der Waals surface area contributed by atoms with Crippen LogP contribution in [-0.4, -0.2) is 28.4 Å². The fourth-order valence-electron chi connectivity index (χ4n) is 0.970. The van der Waals surface area contributed by atoms with Gasteiger partial charge in [-0.05, 0) is 27.2 Å². The van der Waals surface area contributed by atoms with Crippen molar-refractivity contribution in [2.24, 2.45) is 10.3 Å². The molecule has 0 N–H and O–H groups in total. The minimum atomic E-state index is -1.12. The van der Waals surface area contributed by atoms with Crippen LogP contribution in [0.15, 0.2) is 4.40 Å². The predicted octanol–water partition coefficient (Wildman–Crippen LogP) is 1.56. The zero-order chi connectivity index (χ0) is 9.90. The Bertz CT molecular complexity index is 214. The lowest BCUT2D eigenvalue weighted by Gasteiger charge is -2.13. The van der Waals surface area contributed by atoms with Crippen LogP contribution < -0.4 is 0 Å². The van der Waals surface area contributed by atoms with E-state index in [4.69, 9.17) is 4.74 Å². The van der Waals surface area contributed by atoms with Crippen molar-refractivity contribution >= 4 is 17.2 Å². The summed E-state index contributed by atoms with van der Waals surface area (Å²) in [7, 11) is -1.12. The highest BCUT2D eigenvalue weighted by molar-refractivity contribution is 7.85. The number of rotatable bonds is 2. The molecule has 3 nitrogen and oxygen atoms in total. The summed E-state index contributed by atoms with van der Waals surface area (Å²) in [6.07, 6.45) is 2.79. The molecule has 1 fully saturated rings. The Labute approximate surface area is 82.2 Å². The number of nitrogens with zero attached hydrogens (tertiary/aromatic N) is 1. The van der Waals surface area contributed by atoms with E-state index in [0.29, 0.717) is 5.92 Å². The van der Waals surface area contributed by atoms with Crippen molar-refractivity contribution in [3.05, 3.63) is 0 Å². The predicted molar refractivity (Wildman–Crippen MR) is 55.3 cm³/mol. The highest BCUT2D eigenvalue weighted by Crippen LogP contribution is 2.14. The highest BCUT2D eigenvalue weighted by Gasteiger charge is 2.19. The first-order chi connectivity index (χ1) is 6.00. The van der Waals surface area contributed by atoms with Gasteiger partial charge in [0.2, 0.25) is 0 Å². The van der Waals surface area contributed by atoms with Crippen LogP contribution in [0.5, 0.6) is 0 Å². The molecule has 0 aromatic carbocycles. The molecule has 1 unspecified atom stereocenters. The van der Waals surface area contributed by atoms with Gasteiger partial charge in [0.05, 0.1) is 11.4 Å². The Kier molecular flexibility index (Phi) is 3.62. The Balaban J connectivity index is 2.43. The minimum Gasteiger partial charge on any atom is -0.381 e. The second kappa shape index (κ2) is 4.33. The molecule has 1 heterocycles. The summed E-state index contributed by atoms with van der Waals surface area (Å²) in [4.78, 5) is 0. The first kappa shape index (κ1) is 10.9. The number of hydrogen-bond donors (Lipinski definition) is 0. The van der Waals surface area contributed by atoms with E-state index in [9.17, 15) is 4.21 Å². The molecule has 76 valence electrons. The summed E-state index contributed by atoms with van der Waals surface area (Å²) < 4.78 is 20.5. The van der Waals surface area contributed by atoms with Gasteiger partial charge in [0.25, 0.3) is 0 Å². The van der Waals surface area contributed by atoms with Gasteiger partial charge in [-0.1, -0.05) is 0 Å². The Hall–Kier alpha value is -0.220. The third kappa shape index (κ3) is 3.56. The molecule has 0 amide bonds. The lowest BCUT2D eigenvalue weighted by atomic mass is 10.1. The molecule has 0 aliphatic carbocycles. The summed E-state index contributed by atoms with van der Waals surface area (Å²) in [5, 5.41) is 0. The molecular weight excluding hydrogens is 186 g/mol. The van der Waals surface area contributed by atoms with Gasteiger partial charge in [0.1, 0.15) is 11.0 Å². The molecule has 0 aromatic rings. The Morgan fingerprint density at radius 2 is 2.23 bits per heavy atom. The SMILES string of the molecule is CC(C)(C)S(=O)/N=C/[C@H]1CCOC1. The maximum atomic E-state index is 11.5. The molecule has 4 heteroatoms. The molecule has 0 spiro atoms. The van der Waals surface area contributed by atoms with Gasteiger partial charge in [-0.2, -0.15) is 4.40 Å². The second-order valence-electron chi connectivity index (χ2n) is 4.24. The molecule has 2 atom stereocenters. The van der Waals surface area contributed by atoms with Crippen molar-refractivity contribution in [3.8, 4) is 0 Å². The van der Waals surface area contributed by atoms with Gasteiger partial charge in [-0.15, -0.1) is 0 Å². The molecule has 0 radical (unpaired) electrons. The van der Waals surface area contributed by atoms with Crippen LogP contribution in [0.4, 0.5) is 0 Å². The van der Waals surface area contributed by atoms with Gasteiger partial charge in [-0.3, -0.25) is 0 Å². The van der Waals surface area contributed by atoms with E-state index in [-0.39, 0.29) is 4.75 Å². The third-order valence-corrected chi connectivity index (χ3v) is 3.22. The first-order valence-electron chi connectivity index (χ1n) is 4.54. The van der Waals surface area contributed by atoms with Crippen LogP contribution in [0.2, 0.25) is 0 Å². The molecule has 1 rings (SSSR count). The van der Waals surface area contributed by atoms with Crippen LogP contribution >= 0.6 is 0 Å². The molecular formula is C9H17NO2S. The molecule has 0 saturated carbocycles. The largest absolute Gasteiger partial charge is 0.381 e. The van der Waals surface area contributed by atoms with Crippen LogP contribution in [0.1, 0.15) is 27.2 Å². The van der Waals surface area contributed by atoms with Gasteiger partial charge < -0.3 is 4.74 Å². The van der Waals surface area contributed by atoms with E-state index in [1.54, 1.807) is 6.21 Å². The van der Waals surface area contributed by atoms with Crippen LogP contribution in [-0.2, 0) is 15.7 Å². The van der Waals surface area contributed by atoms with E-state index >= 15 is 0 Å². The van der Waals surface area contributed by atoms with E-state index in [1.807, 2.05) is 20.8 Å². The summed E-state index contributed by atoms with van der Waals surface area (Å²) >= 11 is 0.